The lowest BCUT2D eigenvalue weighted by Gasteiger charge is -2.05. The average Bonchev–Trinajstić information content (AvgIpc) is 2.74. The molecule has 0 bridgehead atoms. The van der Waals surface area contributed by atoms with Gasteiger partial charge in [-0.3, -0.25) is 0 Å². The van der Waals surface area contributed by atoms with E-state index >= 15 is 0 Å². The fourth-order valence-electron chi connectivity index (χ4n) is 2.50. The molecule has 0 aromatic heterocycles. The summed E-state index contributed by atoms with van der Waals surface area (Å²) in [5.41, 5.74) is 8.76. The van der Waals surface area contributed by atoms with Crippen molar-refractivity contribution in [1.82, 2.24) is 0 Å². The van der Waals surface area contributed by atoms with E-state index in [9.17, 15) is 8.42 Å². The van der Waals surface area contributed by atoms with Gasteiger partial charge < -0.3 is 5.73 Å². The molecular formula is C22H21N3O2S2. The van der Waals surface area contributed by atoms with Crippen LogP contribution in [0.25, 0.3) is 0 Å². The number of thioether (sulfide) groups is 1. The number of hydrogen-bond acceptors (Lipinski definition) is 5. The van der Waals surface area contributed by atoms with Crippen LogP contribution in [-0.4, -0.2) is 19.8 Å². The Morgan fingerprint density at radius 1 is 0.931 bits per heavy atom. The Morgan fingerprint density at radius 3 is 2.14 bits per heavy atom. The summed E-state index contributed by atoms with van der Waals surface area (Å²) < 4.78 is 25.3. The summed E-state index contributed by atoms with van der Waals surface area (Å²) in [7, 11) is -3.54. The first-order chi connectivity index (χ1) is 13.9. The van der Waals surface area contributed by atoms with Gasteiger partial charge in [-0.15, -0.1) is 5.10 Å². The molecule has 0 unspecified atom stereocenters. The van der Waals surface area contributed by atoms with Crippen LogP contribution < -0.4 is 5.73 Å². The van der Waals surface area contributed by atoms with Crippen molar-refractivity contribution >= 4 is 33.0 Å². The van der Waals surface area contributed by atoms with Crippen LogP contribution in [-0.2, 0) is 15.6 Å². The first-order valence-corrected chi connectivity index (χ1v) is 11.4. The minimum atomic E-state index is -3.54. The Balaban J connectivity index is 1.63. The van der Waals surface area contributed by atoms with E-state index in [2.05, 4.69) is 10.2 Å². The molecule has 0 heterocycles. The van der Waals surface area contributed by atoms with Gasteiger partial charge in [-0.2, -0.15) is 5.10 Å². The topological polar surface area (TPSA) is 84.9 Å². The molecule has 0 radical (unpaired) electrons. The van der Waals surface area contributed by atoms with E-state index in [-0.39, 0.29) is 9.79 Å². The molecule has 0 aliphatic carbocycles. The quantitative estimate of drug-likeness (QED) is 0.361. The van der Waals surface area contributed by atoms with Gasteiger partial charge in [0.15, 0.2) is 5.17 Å². The van der Waals surface area contributed by atoms with Crippen LogP contribution in [0.4, 0.5) is 0 Å². The van der Waals surface area contributed by atoms with Gasteiger partial charge in [-0.25, -0.2) is 8.42 Å². The number of amidine groups is 1. The van der Waals surface area contributed by atoms with E-state index in [1.54, 1.807) is 48.5 Å². The summed E-state index contributed by atoms with van der Waals surface area (Å²) in [6.07, 6.45) is 1.54. The fourth-order valence-corrected chi connectivity index (χ4v) is 4.37. The minimum absolute atomic E-state index is 0.236. The van der Waals surface area contributed by atoms with Crippen LogP contribution in [0.3, 0.4) is 0 Å². The number of benzene rings is 3. The zero-order valence-electron chi connectivity index (χ0n) is 15.9. The average molecular weight is 424 g/mol. The summed E-state index contributed by atoms with van der Waals surface area (Å²) in [4.78, 5) is 0.511. The number of rotatable bonds is 6. The molecule has 5 nitrogen and oxygen atoms in total. The third kappa shape index (κ3) is 5.79. The van der Waals surface area contributed by atoms with Crippen molar-refractivity contribution < 1.29 is 8.42 Å². The van der Waals surface area contributed by atoms with E-state index in [1.165, 1.54) is 18.0 Å². The largest absolute Gasteiger partial charge is 0.377 e. The van der Waals surface area contributed by atoms with Crippen molar-refractivity contribution in [3.8, 4) is 0 Å². The highest BCUT2D eigenvalue weighted by molar-refractivity contribution is 8.13. The summed E-state index contributed by atoms with van der Waals surface area (Å²) in [5.74, 6) is 0.720. The number of hydrogen-bond donors (Lipinski definition) is 1. The summed E-state index contributed by atoms with van der Waals surface area (Å²) >= 11 is 1.40. The van der Waals surface area contributed by atoms with Crippen molar-refractivity contribution in [3.05, 3.63) is 95.6 Å². The van der Waals surface area contributed by atoms with Crippen LogP contribution in [0.2, 0.25) is 0 Å². The van der Waals surface area contributed by atoms with Gasteiger partial charge in [-0.05, 0) is 42.3 Å². The molecule has 3 aromatic carbocycles. The zero-order valence-corrected chi connectivity index (χ0v) is 17.5. The van der Waals surface area contributed by atoms with Crippen LogP contribution in [0.15, 0.2) is 98.9 Å². The van der Waals surface area contributed by atoms with Crippen LogP contribution in [0.5, 0.6) is 0 Å². The molecule has 0 fully saturated rings. The maximum absolute atomic E-state index is 12.7. The maximum Gasteiger partial charge on any atom is 0.206 e. The first-order valence-electron chi connectivity index (χ1n) is 8.90. The van der Waals surface area contributed by atoms with E-state index in [4.69, 9.17) is 5.73 Å². The molecule has 2 N–H and O–H groups in total. The Labute approximate surface area is 175 Å². The number of aryl methyl sites for hydroxylation is 1. The second-order valence-corrected chi connectivity index (χ2v) is 9.29. The highest BCUT2D eigenvalue weighted by Crippen LogP contribution is 2.21. The number of nitrogens with two attached hydrogens (primary N) is 1. The Bertz CT molecular complexity index is 1110. The molecule has 3 rings (SSSR count). The molecule has 7 heteroatoms. The maximum atomic E-state index is 12.7. The molecule has 0 atom stereocenters. The third-order valence-electron chi connectivity index (χ3n) is 4.11. The Kier molecular flexibility index (Phi) is 6.85. The van der Waals surface area contributed by atoms with Crippen molar-refractivity contribution in [2.24, 2.45) is 15.9 Å². The SMILES string of the molecule is Cc1ccc(S(=O)(=O)c2ccc(C=NN=C(N)SCc3ccccc3)cc2)cc1. The van der Waals surface area contributed by atoms with E-state index in [0.717, 1.165) is 22.4 Å². The fraction of sp³-hybridized carbons (Fsp3) is 0.0909. The normalized spacial score (nSPS) is 12.4. The summed E-state index contributed by atoms with van der Waals surface area (Å²) in [5, 5.41) is 8.32. The van der Waals surface area contributed by atoms with Gasteiger partial charge in [0.2, 0.25) is 9.84 Å². The number of sulfone groups is 1. The molecule has 0 aliphatic heterocycles. The molecule has 0 aliphatic rings. The van der Waals surface area contributed by atoms with E-state index in [1.807, 2.05) is 37.3 Å². The second kappa shape index (κ2) is 9.54. The lowest BCUT2D eigenvalue weighted by atomic mass is 10.2. The van der Waals surface area contributed by atoms with Crippen LogP contribution in [0.1, 0.15) is 16.7 Å². The summed E-state index contributed by atoms with van der Waals surface area (Å²) in [6.45, 7) is 1.92. The molecule has 0 amide bonds. The van der Waals surface area contributed by atoms with Gasteiger partial charge in [0, 0.05) is 5.75 Å². The Hall–Kier alpha value is -2.90. The molecule has 3 aromatic rings. The van der Waals surface area contributed by atoms with Gasteiger partial charge in [0.25, 0.3) is 0 Å². The van der Waals surface area contributed by atoms with Gasteiger partial charge in [0.1, 0.15) is 0 Å². The molecule has 0 saturated carbocycles. The molecule has 29 heavy (non-hydrogen) atoms. The van der Waals surface area contributed by atoms with Crippen molar-refractivity contribution in [1.29, 1.82) is 0 Å². The number of nitrogens with zero attached hydrogens (tertiary/aromatic N) is 2. The van der Waals surface area contributed by atoms with Crippen LogP contribution in [0, 0.1) is 6.92 Å². The van der Waals surface area contributed by atoms with Gasteiger partial charge >= 0.3 is 0 Å². The highest BCUT2D eigenvalue weighted by Gasteiger charge is 2.16. The summed E-state index contributed by atoms with van der Waals surface area (Å²) in [6, 6.07) is 23.3. The lowest BCUT2D eigenvalue weighted by Crippen LogP contribution is -2.06. The van der Waals surface area contributed by atoms with Crippen LogP contribution >= 0.6 is 11.8 Å². The van der Waals surface area contributed by atoms with Crippen molar-refractivity contribution in [2.75, 3.05) is 0 Å². The predicted molar refractivity (Wildman–Crippen MR) is 120 cm³/mol. The van der Waals surface area contributed by atoms with Crippen molar-refractivity contribution in [3.63, 3.8) is 0 Å². The zero-order chi connectivity index (χ0) is 20.7. The predicted octanol–water partition coefficient (Wildman–Crippen LogP) is 4.41. The molecule has 148 valence electrons. The van der Waals surface area contributed by atoms with Crippen molar-refractivity contribution in [2.45, 2.75) is 22.5 Å². The first kappa shape index (κ1) is 20.8. The lowest BCUT2D eigenvalue weighted by molar-refractivity contribution is 0.596. The van der Waals surface area contributed by atoms with Gasteiger partial charge in [0.05, 0.1) is 16.0 Å². The second-order valence-electron chi connectivity index (χ2n) is 6.34. The highest BCUT2D eigenvalue weighted by atomic mass is 32.2. The molecule has 0 saturated heterocycles. The smallest absolute Gasteiger partial charge is 0.206 e. The monoisotopic (exact) mass is 423 g/mol. The van der Waals surface area contributed by atoms with E-state index in [0.29, 0.717) is 5.17 Å². The molecule has 0 spiro atoms. The standard InChI is InChI=1S/C22H21N3O2S2/c1-17-7-11-20(12-8-17)29(26,27)21-13-9-18(10-14-21)15-24-25-22(23)28-16-19-5-3-2-4-6-19/h2-15H,16H2,1H3,(H2,23,25). The molecular weight excluding hydrogens is 402 g/mol. The van der Waals surface area contributed by atoms with E-state index < -0.39 is 9.84 Å². The minimum Gasteiger partial charge on any atom is -0.377 e. The third-order valence-corrected chi connectivity index (χ3v) is 6.75. The Morgan fingerprint density at radius 2 is 1.52 bits per heavy atom. The van der Waals surface area contributed by atoms with Gasteiger partial charge in [-0.1, -0.05) is 71.9 Å².